The zero-order valence-corrected chi connectivity index (χ0v) is 11.9. The molecule has 0 saturated carbocycles. The molecule has 0 saturated heterocycles. The first kappa shape index (κ1) is 14.7. The van der Waals surface area contributed by atoms with Gasteiger partial charge in [-0.15, -0.1) is 0 Å². The van der Waals surface area contributed by atoms with Gasteiger partial charge < -0.3 is 9.84 Å². The molecule has 20 heavy (non-hydrogen) atoms. The summed E-state index contributed by atoms with van der Waals surface area (Å²) in [5.41, 5.74) is 0.798. The SMILES string of the molecule is O=C(O)C(Cc1cccc(Cl)c1)Oc1cccc(Cl)c1. The Hall–Kier alpha value is -1.71. The summed E-state index contributed by atoms with van der Waals surface area (Å²) < 4.78 is 5.47. The number of aliphatic carboxylic acids is 1. The molecule has 104 valence electrons. The summed E-state index contributed by atoms with van der Waals surface area (Å²) in [7, 11) is 0. The third kappa shape index (κ3) is 4.15. The van der Waals surface area contributed by atoms with Gasteiger partial charge in [0.1, 0.15) is 5.75 Å². The van der Waals surface area contributed by atoms with Crippen LogP contribution in [0.4, 0.5) is 0 Å². The van der Waals surface area contributed by atoms with Crippen LogP contribution in [0.15, 0.2) is 48.5 Å². The first-order valence-electron chi connectivity index (χ1n) is 5.94. The van der Waals surface area contributed by atoms with E-state index in [4.69, 9.17) is 27.9 Å². The van der Waals surface area contributed by atoms with Gasteiger partial charge >= 0.3 is 5.97 Å². The van der Waals surface area contributed by atoms with E-state index in [0.29, 0.717) is 15.8 Å². The second-order valence-corrected chi connectivity index (χ2v) is 5.11. The molecule has 0 aromatic heterocycles. The van der Waals surface area contributed by atoms with E-state index in [-0.39, 0.29) is 6.42 Å². The van der Waals surface area contributed by atoms with E-state index in [9.17, 15) is 9.90 Å². The molecule has 0 amide bonds. The van der Waals surface area contributed by atoms with Gasteiger partial charge in [0.05, 0.1) is 0 Å². The van der Waals surface area contributed by atoms with Crippen LogP contribution in [0.5, 0.6) is 5.75 Å². The van der Waals surface area contributed by atoms with Gasteiger partial charge in [0.2, 0.25) is 0 Å². The second kappa shape index (κ2) is 6.64. The quantitative estimate of drug-likeness (QED) is 0.905. The Kier molecular flexibility index (Phi) is 4.88. The van der Waals surface area contributed by atoms with Crippen molar-refractivity contribution in [3.8, 4) is 5.75 Å². The van der Waals surface area contributed by atoms with Crippen molar-refractivity contribution >= 4 is 29.2 Å². The molecule has 2 rings (SSSR count). The first-order chi connectivity index (χ1) is 9.54. The normalized spacial score (nSPS) is 11.9. The highest BCUT2D eigenvalue weighted by atomic mass is 35.5. The van der Waals surface area contributed by atoms with Gasteiger partial charge in [0.25, 0.3) is 0 Å². The van der Waals surface area contributed by atoms with Crippen LogP contribution in [-0.2, 0) is 11.2 Å². The number of carboxylic acids is 1. The molecule has 1 unspecified atom stereocenters. The van der Waals surface area contributed by atoms with E-state index in [2.05, 4.69) is 0 Å². The fourth-order valence-electron chi connectivity index (χ4n) is 1.76. The number of hydrogen-bond donors (Lipinski definition) is 1. The van der Waals surface area contributed by atoms with E-state index < -0.39 is 12.1 Å². The van der Waals surface area contributed by atoms with Crippen molar-refractivity contribution in [3.63, 3.8) is 0 Å². The van der Waals surface area contributed by atoms with Gasteiger partial charge in [0.15, 0.2) is 6.10 Å². The monoisotopic (exact) mass is 310 g/mol. The molecule has 0 radical (unpaired) electrons. The highest BCUT2D eigenvalue weighted by molar-refractivity contribution is 6.30. The minimum absolute atomic E-state index is 0.225. The van der Waals surface area contributed by atoms with Crippen LogP contribution in [0.1, 0.15) is 5.56 Å². The number of carbonyl (C=O) groups is 1. The van der Waals surface area contributed by atoms with Crippen LogP contribution in [-0.4, -0.2) is 17.2 Å². The number of ether oxygens (including phenoxy) is 1. The average molecular weight is 311 g/mol. The molecule has 3 nitrogen and oxygen atoms in total. The van der Waals surface area contributed by atoms with Crippen molar-refractivity contribution in [2.24, 2.45) is 0 Å². The molecule has 1 atom stereocenters. The molecular formula is C15H12Cl2O3. The standard InChI is InChI=1S/C15H12Cl2O3/c16-11-4-1-3-10(7-11)8-14(15(18)19)20-13-6-2-5-12(17)9-13/h1-7,9,14H,8H2,(H,18,19). The lowest BCUT2D eigenvalue weighted by atomic mass is 10.1. The predicted octanol–water partition coefficient (Wildman–Crippen LogP) is 4.07. The molecule has 0 fully saturated rings. The third-order valence-electron chi connectivity index (χ3n) is 2.66. The smallest absolute Gasteiger partial charge is 0.345 e. The molecule has 2 aromatic carbocycles. The van der Waals surface area contributed by atoms with Crippen LogP contribution in [0.3, 0.4) is 0 Å². The fourth-order valence-corrected chi connectivity index (χ4v) is 2.16. The summed E-state index contributed by atoms with van der Waals surface area (Å²) in [6.45, 7) is 0. The fraction of sp³-hybridized carbons (Fsp3) is 0.133. The second-order valence-electron chi connectivity index (χ2n) is 4.24. The number of benzene rings is 2. The van der Waals surface area contributed by atoms with Crippen molar-refractivity contribution < 1.29 is 14.6 Å². The van der Waals surface area contributed by atoms with E-state index in [1.54, 1.807) is 42.5 Å². The van der Waals surface area contributed by atoms with Gasteiger partial charge in [-0.05, 0) is 35.9 Å². The molecular weight excluding hydrogens is 299 g/mol. The Morgan fingerprint density at radius 1 is 1.10 bits per heavy atom. The Bertz CT molecular complexity index is 566. The minimum Gasteiger partial charge on any atom is -0.478 e. The summed E-state index contributed by atoms with van der Waals surface area (Å²) in [6.07, 6.45) is -0.769. The van der Waals surface area contributed by atoms with Crippen molar-refractivity contribution in [2.45, 2.75) is 12.5 Å². The van der Waals surface area contributed by atoms with Crippen molar-refractivity contribution in [3.05, 3.63) is 64.1 Å². The first-order valence-corrected chi connectivity index (χ1v) is 6.69. The van der Waals surface area contributed by atoms with E-state index >= 15 is 0 Å². The molecule has 2 aromatic rings. The van der Waals surface area contributed by atoms with Crippen LogP contribution >= 0.6 is 23.2 Å². The number of rotatable bonds is 5. The highest BCUT2D eigenvalue weighted by Crippen LogP contribution is 2.20. The molecule has 5 heteroatoms. The maximum atomic E-state index is 11.3. The van der Waals surface area contributed by atoms with Gasteiger partial charge in [-0.25, -0.2) is 4.79 Å². The predicted molar refractivity (Wildman–Crippen MR) is 78.7 cm³/mol. The van der Waals surface area contributed by atoms with Crippen LogP contribution in [0, 0.1) is 0 Å². The molecule has 1 N–H and O–H groups in total. The molecule has 0 aliphatic carbocycles. The lowest BCUT2D eigenvalue weighted by Crippen LogP contribution is -2.29. The largest absolute Gasteiger partial charge is 0.478 e. The Morgan fingerprint density at radius 3 is 2.35 bits per heavy atom. The Morgan fingerprint density at radius 2 is 1.75 bits per heavy atom. The Balaban J connectivity index is 2.13. The van der Waals surface area contributed by atoms with E-state index in [1.165, 1.54) is 0 Å². The molecule has 0 spiro atoms. The van der Waals surface area contributed by atoms with E-state index in [0.717, 1.165) is 5.56 Å². The van der Waals surface area contributed by atoms with Crippen molar-refractivity contribution in [1.82, 2.24) is 0 Å². The topological polar surface area (TPSA) is 46.5 Å². The highest BCUT2D eigenvalue weighted by Gasteiger charge is 2.20. The zero-order valence-electron chi connectivity index (χ0n) is 10.4. The van der Waals surface area contributed by atoms with Crippen LogP contribution in [0.25, 0.3) is 0 Å². The van der Waals surface area contributed by atoms with Gasteiger partial charge in [-0.3, -0.25) is 0 Å². The van der Waals surface area contributed by atoms with Crippen molar-refractivity contribution in [1.29, 1.82) is 0 Å². The van der Waals surface area contributed by atoms with Gasteiger partial charge in [-0.1, -0.05) is 41.4 Å². The molecule has 0 heterocycles. The Labute approximate surface area is 126 Å². The van der Waals surface area contributed by atoms with E-state index in [1.807, 2.05) is 6.07 Å². The molecule has 0 aliphatic rings. The van der Waals surface area contributed by atoms with Crippen LogP contribution in [0.2, 0.25) is 10.0 Å². The summed E-state index contributed by atoms with van der Waals surface area (Å²) in [4.78, 5) is 11.3. The van der Waals surface area contributed by atoms with Crippen molar-refractivity contribution in [2.75, 3.05) is 0 Å². The summed E-state index contributed by atoms with van der Waals surface area (Å²) in [6, 6.07) is 13.7. The number of hydrogen-bond acceptors (Lipinski definition) is 2. The van der Waals surface area contributed by atoms with Crippen LogP contribution < -0.4 is 4.74 Å². The van der Waals surface area contributed by atoms with Gasteiger partial charge in [0, 0.05) is 16.5 Å². The number of halogens is 2. The maximum absolute atomic E-state index is 11.3. The average Bonchev–Trinajstić information content (AvgIpc) is 2.38. The summed E-state index contributed by atoms with van der Waals surface area (Å²) in [5.74, 6) is -0.614. The number of carboxylic acid groups (broad SMARTS) is 1. The molecule has 0 bridgehead atoms. The summed E-state index contributed by atoms with van der Waals surface area (Å²) >= 11 is 11.7. The maximum Gasteiger partial charge on any atom is 0.345 e. The lowest BCUT2D eigenvalue weighted by Gasteiger charge is -2.15. The van der Waals surface area contributed by atoms with Gasteiger partial charge in [-0.2, -0.15) is 0 Å². The summed E-state index contributed by atoms with van der Waals surface area (Å²) in [5, 5.41) is 10.3. The minimum atomic E-state index is -1.04. The zero-order chi connectivity index (χ0) is 14.5. The third-order valence-corrected chi connectivity index (χ3v) is 3.13. The molecule has 0 aliphatic heterocycles. The lowest BCUT2D eigenvalue weighted by molar-refractivity contribution is -0.145.